The molecule has 3 N–H and O–H groups in total. The Balaban J connectivity index is 1.63. The Bertz CT molecular complexity index is 1330. The first-order valence-corrected chi connectivity index (χ1v) is 10.7. The lowest BCUT2D eigenvalue weighted by Crippen LogP contribution is -2.19. The lowest BCUT2D eigenvalue weighted by atomic mass is 10.1. The highest BCUT2D eigenvalue weighted by Crippen LogP contribution is 2.29. The number of benzene rings is 3. The van der Waals surface area contributed by atoms with E-state index in [0.29, 0.717) is 11.4 Å². The summed E-state index contributed by atoms with van der Waals surface area (Å²) in [6.07, 6.45) is 0. The van der Waals surface area contributed by atoms with Crippen molar-refractivity contribution in [2.45, 2.75) is 5.16 Å². The van der Waals surface area contributed by atoms with Crippen LogP contribution in [0.25, 0.3) is 17.1 Å². The van der Waals surface area contributed by atoms with E-state index in [0.717, 1.165) is 23.9 Å². The van der Waals surface area contributed by atoms with Crippen LogP contribution in [0.1, 0.15) is 10.4 Å². The third-order valence-corrected chi connectivity index (χ3v) is 5.54. The summed E-state index contributed by atoms with van der Waals surface area (Å²) in [4.78, 5) is 24.1. The molecule has 0 aliphatic heterocycles. The van der Waals surface area contributed by atoms with Gasteiger partial charge in [0, 0.05) is 11.6 Å². The molecule has 4 aromatic rings. The first-order valence-electron chi connectivity index (χ1n) is 9.72. The van der Waals surface area contributed by atoms with Crippen molar-refractivity contribution >= 4 is 29.3 Å². The highest BCUT2D eigenvalue weighted by Gasteiger charge is 2.20. The SMILES string of the molecule is NC(=O)c1ccccc1NC(=O)CSc1nnc(-c2ccccc2)n1-c1ccc(F)cc1F. The zero-order valence-electron chi connectivity index (χ0n) is 17.0. The number of hydrogen-bond acceptors (Lipinski definition) is 5. The van der Waals surface area contributed by atoms with Crippen LogP contribution in [0.15, 0.2) is 78.0 Å². The van der Waals surface area contributed by atoms with Crippen molar-refractivity contribution in [2.24, 2.45) is 5.73 Å². The number of anilines is 1. The van der Waals surface area contributed by atoms with E-state index in [4.69, 9.17) is 5.73 Å². The van der Waals surface area contributed by atoms with E-state index in [2.05, 4.69) is 15.5 Å². The summed E-state index contributed by atoms with van der Waals surface area (Å²) < 4.78 is 29.6. The molecule has 10 heteroatoms. The third kappa shape index (κ3) is 4.90. The number of hydrogen-bond donors (Lipinski definition) is 2. The first kappa shape index (κ1) is 22.2. The largest absolute Gasteiger partial charge is 0.366 e. The van der Waals surface area contributed by atoms with Crippen LogP contribution in [0.4, 0.5) is 14.5 Å². The second-order valence-corrected chi connectivity index (χ2v) is 7.79. The summed E-state index contributed by atoms with van der Waals surface area (Å²) in [7, 11) is 0. The minimum atomic E-state index is -0.798. The predicted molar refractivity (Wildman–Crippen MR) is 121 cm³/mol. The van der Waals surface area contributed by atoms with Gasteiger partial charge in [-0.15, -0.1) is 10.2 Å². The van der Waals surface area contributed by atoms with Crippen LogP contribution in [0, 0.1) is 11.6 Å². The maximum Gasteiger partial charge on any atom is 0.250 e. The van der Waals surface area contributed by atoms with Gasteiger partial charge in [0.05, 0.1) is 22.7 Å². The number of nitrogens with two attached hydrogens (primary N) is 1. The molecule has 33 heavy (non-hydrogen) atoms. The molecule has 0 fully saturated rings. The lowest BCUT2D eigenvalue weighted by Gasteiger charge is -2.12. The molecule has 0 bridgehead atoms. The van der Waals surface area contributed by atoms with Gasteiger partial charge in [-0.2, -0.15) is 0 Å². The number of nitrogens with zero attached hydrogens (tertiary/aromatic N) is 3. The quantitative estimate of drug-likeness (QED) is 0.401. The Morgan fingerprint density at radius 1 is 0.970 bits per heavy atom. The Morgan fingerprint density at radius 2 is 1.70 bits per heavy atom. The van der Waals surface area contributed by atoms with E-state index in [1.54, 1.807) is 42.5 Å². The number of para-hydroxylation sites is 1. The van der Waals surface area contributed by atoms with Gasteiger partial charge in [0.15, 0.2) is 11.0 Å². The van der Waals surface area contributed by atoms with E-state index < -0.39 is 23.4 Å². The van der Waals surface area contributed by atoms with Gasteiger partial charge in [0.1, 0.15) is 11.6 Å². The molecule has 0 unspecified atom stereocenters. The molecule has 2 amide bonds. The molecule has 4 rings (SSSR count). The fourth-order valence-corrected chi connectivity index (χ4v) is 3.89. The van der Waals surface area contributed by atoms with Crippen molar-refractivity contribution in [2.75, 3.05) is 11.1 Å². The second kappa shape index (κ2) is 9.61. The minimum absolute atomic E-state index is 0.0437. The molecule has 1 heterocycles. The minimum Gasteiger partial charge on any atom is -0.366 e. The van der Waals surface area contributed by atoms with Crippen LogP contribution in [0.5, 0.6) is 0 Å². The molecule has 0 radical (unpaired) electrons. The van der Waals surface area contributed by atoms with Gasteiger partial charge in [-0.1, -0.05) is 54.2 Å². The van der Waals surface area contributed by atoms with Gasteiger partial charge < -0.3 is 11.1 Å². The number of halogens is 2. The van der Waals surface area contributed by atoms with Crippen molar-refractivity contribution in [1.82, 2.24) is 14.8 Å². The average molecular weight is 465 g/mol. The van der Waals surface area contributed by atoms with Crippen LogP contribution >= 0.6 is 11.8 Å². The molecule has 0 aliphatic carbocycles. The van der Waals surface area contributed by atoms with Crippen LogP contribution in [0.2, 0.25) is 0 Å². The zero-order chi connectivity index (χ0) is 23.4. The lowest BCUT2D eigenvalue weighted by molar-refractivity contribution is -0.113. The van der Waals surface area contributed by atoms with Gasteiger partial charge in [-0.3, -0.25) is 14.2 Å². The van der Waals surface area contributed by atoms with Crippen molar-refractivity contribution < 1.29 is 18.4 Å². The summed E-state index contributed by atoms with van der Waals surface area (Å²) in [6, 6.07) is 18.5. The fraction of sp³-hybridized carbons (Fsp3) is 0.0435. The number of carbonyl (C=O) groups is 2. The summed E-state index contributed by atoms with van der Waals surface area (Å²) in [5, 5.41) is 11.2. The maximum atomic E-state index is 14.6. The van der Waals surface area contributed by atoms with Crippen molar-refractivity contribution in [1.29, 1.82) is 0 Å². The monoisotopic (exact) mass is 465 g/mol. The molecule has 7 nitrogen and oxygen atoms in total. The Kier molecular flexibility index (Phi) is 6.45. The van der Waals surface area contributed by atoms with Gasteiger partial charge in [-0.25, -0.2) is 8.78 Å². The van der Waals surface area contributed by atoms with Crippen LogP contribution in [0.3, 0.4) is 0 Å². The van der Waals surface area contributed by atoms with E-state index >= 15 is 0 Å². The molecule has 0 atom stereocenters. The third-order valence-electron chi connectivity index (χ3n) is 4.61. The molecule has 0 saturated carbocycles. The summed E-state index contributed by atoms with van der Waals surface area (Å²) in [5.74, 6) is -2.38. The van der Waals surface area contributed by atoms with Crippen LogP contribution in [-0.2, 0) is 4.79 Å². The molecule has 0 spiro atoms. The summed E-state index contributed by atoms with van der Waals surface area (Å²) in [5.41, 5.74) is 6.52. The number of aromatic nitrogens is 3. The number of primary amides is 1. The molecule has 0 saturated heterocycles. The van der Waals surface area contributed by atoms with Gasteiger partial charge in [0.25, 0.3) is 5.91 Å². The molecule has 1 aromatic heterocycles. The average Bonchev–Trinajstić information content (AvgIpc) is 3.22. The highest BCUT2D eigenvalue weighted by atomic mass is 32.2. The summed E-state index contributed by atoms with van der Waals surface area (Å²) >= 11 is 1.01. The second-order valence-electron chi connectivity index (χ2n) is 6.85. The zero-order valence-corrected chi connectivity index (χ0v) is 17.9. The van der Waals surface area contributed by atoms with E-state index in [1.807, 2.05) is 6.07 Å². The maximum absolute atomic E-state index is 14.6. The molecule has 166 valence electrons. The predicted octanol–water partition coefficient (Wildman–Crippen LogP) is 4.04. The Hall–Kier alpha value is -4.05. The van der Waals surface area contributed by atoms with Crippen molar-refractivity contribution in [3.05, 3.63) is 90.0 Å². The topological polar surface area (TPSA) is 103 Å². The van der Waals surface area contributed by atoms with Crippen molar-refractivity contribution in [3.8, 4) is 17.1 Å². The van der Waals surface area contributed by atoms with E-state index in [-0.39, 0.29) is 27.8 Å². The van der Waals surface area contributed by atoms with Gasteiger partial charge >= 0.3 is 0 Å². The first-order chi connectivity index (χ1) is 15.9. The number of amides is 2. The molecule has 0 aliphatic rings. The molecule has 3 aromatic carbocycles. The summed E-state index contributed by atoms with van der Waals surface area (Å²) in [6.45, 7) is 0. The number of rotatable bonds is 7. The molecular formula is C23H17F2N5O2S. The smallest absolute Gasteiger partial charge is 0.250 e. The standard InChI is InChI=1S/C23H17F2N5O2S/c24-15-10-11-19(17(25)12-15)30-22(14-6-2-1-3-7-14)28-29-23(30)33-13-20(31)27-18-9-5-4-8-16(18)21(26)32/h1-12H,13H2,(H2,26,32)(H,27,31). The Labute approximate surface area is 191 Å². The molecular weight excluding hydrogens is 448 g/mol. The van der Waals surface area contributed by atoms with Gasteiger partial charge in [-0.05, 0) is 24.3 Å². The number of nitrogens with one attached hydrogen (secondary N) is 1. The normalized spacial score (nSPS) is 10.7. The van der Waals surface area contributed by atoms with Crippen molar-refractivity contribution in [3.63, 3.8) is 0 Å². The van der Waals surface area contributed by atoms with E-state index in [9.17, 15) is 18.4 Å². The fourth-order valence-electron chi connectivity index (χ4n) is 3.14. The van der Waals surface area contributed by atoms with E-state index in [1.165, 1.54) is 16.7 Å². The van der Waals surface area contributed by atoms with Crippen LogP contribution in [-0.4, -0.2) is 32.3 Å². The highest BCUT2D eigenvalue weighted by molar-refractivity contribution is 7.99. The Morgan fingerprint density at radius 3 is 2.42 bits per heavy atom. The number of thioether (sulfide) groups is 1. The van der Waals surface area contributed by atoms with Crippen LogP contribution < -0.4 is 11.1 Å². The van der Waals surface area contributed by atoms with Gasteiger partial charge in [0.2, 0.25) is 5.91 Å². The number of carbonyl (C=O) groups excluding carboxylic acids is 2.